The molecule has 104 valence electrons. The summed E-state index contributed by atoms with van der Waals surface area (Å²) in [6.45, 7) is 2.89. The quantitative estimate of drug-likeness (QED) is 0.903. The lowest BCUT2D eigenvalue weighted by atomic mass is 9.78. The number of aromatic carboxylic acids is 1. The minimum Gasteiger partial charge on any atom is -0.476 e. The number of fused-ring (bicyclic) bond motifs is 1. The molecule has 1 saturated heterocycles. The van der Waals surface area contributed by atoms with Crippen molar-refractivity contribution in [3.63, 3.8) is 0 Å². The molecule has 1 aromatic rings. The van der Waals surface area contributed by atoms with E-state index in [0.29, 0.717) is 6.04 Å². The van der Waals surface area contributed by atoms with Gasteiger partial charge in [-0.05, 0) is 38.5 Å². The van der Waals surface area contributed by atoms with E-state index in [0.717, 1.165) is 22.5 Å². The number of aryl methyl sites for hydroxylation is 1. The van der Waals surface area contributed by atoms with E-state index in [9.17, 15) is 4.79 Å². The van der Waals surface area contributed by atoms with Gasteiger partial charge in [-0.15, -0.1) is 11.3 Å². The van der Waals surface area contributed by atoms with Crippen molar-refractivity contribution in [3.05, 3.63) is 10.6 Å². The molecule has 1 aliphatic carbocycles. The van der Waals surface area contributed by atoms with E-state index in [1.54, 1.807) is 0 Å². The van der Waals surface area contributed by atoms with Crippen molar-refractivity contribution in [1.82, 2.24) is 4.98 Å². The SMILES string of the molecule is Cc1sc(N2CCCC3CCCCC32)nc1C(=O)O. The van der Waals surface area contributed by atoms with Crippen LogP contribution in [0, 0.1) is 12.8 Å². The van der Waals surface area contributed by atoms with Gasteiger partial charge < -0.3 is 10.0 Å². The molecule has 5 heteroatoms. The highest BCUT2D eigenvalue weighted by Gasteiger charge is 2.35. The third-order valence-corrected chi connectivity index (χ3v) is 5.48. The van der Waals surface area contributed by atoms with Crippen LogP contribution < -0.4 is 4.90 Å². The second kappa shape index (κ2) is 5.12. The number of nitrogens with zero attached hydrogens (tertiary/aromatic N) is 2. The molecule has 2 fully saturated rings. The first-order valence-corrected chi connectivity index (χ1v) is 7.96. The summed E-state index contributed by atoms with van der Waals surface area (Å²) in [5, 5.41) is 10.1. The Labute approximate surface area is 117 Å². The van der Waals surface area contributed by atoms with Gasteiger partial charge in [0.05, 0.1) is 0 Å². The summed E-state index contributed by atoms with van der Waals surface area (Å²) in [5.74, 6) is -0.114. The largest absolute Gasteiger partial charge is 0.476 e. The van der Waals surface area contributed by atoms with Crippen LogP contribution >= 0.6 is 11.3 Å². The van der Waals surface area contributed by atoms with E-state index in [1.807, 2.05) is 6.92 Å². The van der Waals surface area contributed by atoms with Gasteiger partial charge in [-0.1, -0.05) is 12.8 Å². The Balaban J connectivity index is 1.87. The number of carboxylic acid groups (broad SMARTS) is 1. The Hall–Kier alpha value is -1.10. The molecule has 0 radical (unpaired) electrons. The summed E-state index contributed by atoms with van der Waals surface area (Å²) in [7, 11) is 0. The third-order valence-electron chi connectivity index (χ3n) is 4.48. The van der Waals surface area contributed by atoms with Crippen LogP contribution in [-0.4, -0.2) is 28.6 Å². The maximum Gasteiger partial charge on any atom is 0.355 e. The topological polar surface area (TPSA) is 53.4 Å². The predicted molar refractivity (Wildman–Crippen MR) is 76.1 cm³/mol. The van der Waals surface area contributed by atoms with E-state index >= 15 is 0 Å². The molecular weight excluding hydrogens is 260 g/mol. The molecule has 0 amide bonds. The summed E-state index contributed by atoms with van der Waals surface area (Å²) in [6.07, 6.45) is 7.77. The van der Waals surface area contributed by atoms with Gasteiger partial charge >= 0.3 is 5.97 Å². The number of carboxylic acids is 1. The van der Waals surface area contributed by atoms with E-state index < -0.39 is 5.97 Å². The maximum absolute atomic E-state index is 11.1. The molecule has 2 aliphatic rings. The third kappa shape index (κ3) is 2.36. The molecule has 1 aromatic heterocycles. The summed E-state index contributed by atoms with van der Waals surface area (Å²) in [5.41, 5.74) is 0.234. The minimum atomic E-state index is -0.905. The Kier molecular flexibility index (Phi) is 3.48. The average Bonchev–Trinajstić information content (AvgIpc) is 2.80. The van der Waals surface area contributed by atoms with Gasteiger partial charge in [0, 0.05) is 17.5 Å². The van der Waals surface area contributed by atoms with Gasteiger partial charge in [0.1, 0.15) is 0 Å². The van der Waals surface area contributed by atoms with Crippen LogP contribution in [-0.2, 0) is 0 Å². The molecule has 0 spiro atoms. The van der Waals surface area contributed by atoms with Crippen molar-refractivity contribution in [3.8, 4) is 0 Å². The summed E-state index contributed by atoms with van der Waals surface area (Å²) >= 11 is 1.54. The first-order valence-electron chi connectivity index (χ1n) is 7.14. The molecule has 4 nitrogen and oxygen atoms in total. The standard InChI is InChI=1S/C14H20N2O2S/c1-9-12(13(17)18)15-14(19-9)16-8-4-6-10-5-2-3-7-11(10)16/h10-11H,2-8H2,1H3,(H,17,18). The van der Waals surface area contributed by atoms with E-state index in [-0.39, 0.29) is 5.69 Å². The number of thiazole rings is 1. The minimum absolute atomic E-state index is 0.234. The second-order valence-corrected chi connectivity index (χ2v) is 6.84. The Morgan fingerprint density at radius 1 is 1.32 bits per heavy atom. The molecule has 2 heterocycles. The zero-order chi connectivity index (χ0) is 13.4. The molecule has 2 unspecified atom stereocenters. The van der Waals surface area contributed by atoms with Crippen molar-refractivity contribution in [2.45, 2.75) is 51.5 Å². The van der Waals surface area contributed by atoms with Crippen molar-refractivity contribution >= 4 is 22.4 Å². The van der Waals surface area contributed by atoms with Crippen LogP contribution in [0.1, 0.15) is 53.9 Å². The van der Waals surface area contributed by atoms with E-state index in [2.05, 4.69) is 9.88 Å². The molecule has 2 atom stereocenters. The van der Waals surface area contributed by atoms with Crippen LogP contribution in [0.15, 0.2) is 0 Å². The number of hydrogen-bond acceptors (Lipinski definition) is 4. The van der Waals surface area contributed by atoms with Crippen LogP contribution in [0.25, 0.3) is 0 Å². The van der Waals surface area contributed by atoms with Crippen molar-refractivity contribution in [2.75, 3.05) is 11.4 Å². The molecule has 19 heavy (non-hydrogen) atoms. The lowest BCUT2D eigenvalue weighted by Crippen LogP contribution is -2.46. The molecule has 3 rings (SSSR count). The smallest absolute Gasteiger partial charge is 0.355 e. The second-order valence-electron chi connectivity index (χ2n) is 5.65. The average molecular weight is 280 g/mol. The monoisotopic (exact) mass is 280 g/mol. The lowest BCUT2D eigenvalue weighted by Gasteiger charge is -2.44. The fourth-order valence-corrected chi connectivity index (χ4v) is 4.55. The Bertz CT molecular complexity index is 484. The number of aromatic nitrogens is 1. The summed E-state index contributed by atoms with van der Waals surface area (Å²) in [4.78, 5) is 18.7. The fourth-order valence-electron chi connectivity index (χ4n) is 3.57. The number of hydrogen-bond donors (Lipinski definition) is 1. The Morgan fingerprint density at radius 2 is 2.05 bits per heavy atom. The normalized spacial score (nSPS) is 27.1. The van der Waals surface area contributed by atoms with Gasteiger partial charge in [-0.3, -0.25) is 0 Å². The van der Waals surface area contributed by atoms with Crippen LogP contribution in [0.5, 0.6) is 0 Å². The van der Waals surface area contributed by atoms with E-state index in [4.69, 9.17) is 5.11 Å². The first kappa shape index (κ1) is 12.9. The molecule has 1 N–H and O–H groups in total. The number of anilines is 1. The van der Waals surface area contributed by atoms with Crippen LogP contribution in [0.4, 0.5) is 5.13 Å². The first-order chi connectivity index (χ1) is 9.16. The zero-order valence-corrected chi connectivity index (χ0v) is 12.1. The van der Waals surface area contributed by atoms with E-state index in [1.165, 1.54) is 49.9 Å². The highest BCUT2D eigenvalue weighted by molar-refractivity contribution is 7.15. The van der Waals surface area contributed by atoms with Gasteiger partial charge in [-0.25, -0.2) is 9.78 Å². The highest BCUT2D eigenvalue weighted by Crippen LogP contribution is 2.39. The van der Waals surface area contributed by atoms with Gasteiger partial charge in [0.2, 0.25) is 0 Å². The fraction of sp³-hybridized carbons (Fsp3) is 0.714. The molecule has 1 aliphatic heterocycles. The van der Waals surface area contributed by atoms with Crippen molar-refractivity contribution in [2.24, 2.45) is 5.92 Å². The number of carbonyl (C=O) groups is 1. The Morgan fingerprint density at radius 3 is 2.79 bits per heavy atom. The molecular formula is C14H20N2O2S. The van der Waals surface area contributed by atoms with Gasteiger partial charge in [-0.2, -0.15) is 0 Å². The summed E-state index contributed by atoms with van der Waals surface area (Å²) < 4.78 is 0. The van der Waals surface area contributed by atoms with Gasteiger partial charge in [0.15, 0.2) is 10.8 Å². The van der Waals surface area contributed by atoms with Crippen molar-refractivity contribution in [1.29, 1.82) is 0 Å². The maximum atomic E-state index is 11.1. The van der Waals surface area contributed by atoms with Crippen LogP contribution in [0.2, 0.25) is 0 Å². The number of piperidine rings is 1. The summed E-state index contributed by atoms with van der Waals surface area (Å²) in [6, 6.07) is 0.592. The van der Waals surface area contributed by atoms with Crippen molar-refractivity contribution < 1.29 is 9.90 Å². The zero-order valence-electron chi connectivity index (χ0n) is 11.3. The molecule has 1 saturated carbocycles. The molecule has 0 bridgehead atoms. The predicted octanol–water partition coefficient (Wildman–Crippen LogP) is 3.31. The lowest BCUT2D eigenvalue weighted by molar-refractivity contribution is 0.0690. The van der Waals surface area contributed by atoms with Crippen LogP contribution in [0.3, 0.4) is 0 Å². The van der Waals surface area contributed by atoms with Gasteiger partial charge in [0.25, 0.3) is 0 Å². The molecule has 0 aromatic carbocycles. The number of rotatable bonds is 2. The highest BCUT2D eigenvalue weighted by atomic mass is 32.1.